The van der Waals surface area contributed by atoms with Crippen LogP contribution in [0.1, 0.15) is 33.4 Å². The number of benzene rings is 6. The highest BCUT2D eigenvalue weighted by Gasteiger charge is 2.12. The number of rotatable bonds is 10. The molecule has 6 aromatic rings. The molecule has 1 nitrogen and oxygen atoms in total. The van der Waals surface area contributed by atoms with Gasteiger partial charge >= 0.3 is 0 Å². The molecule has 6 rings (SSSR count). The Kier molecular flexibility index (Phi) is 9.10. The van der Waals surface area contributed by atoms with Crippen LogP contribution in [-0.2, 0) is 0 Å². The van der Waals surface area contributed by atoms with Gasteiger partial charge in [-0.25, -0.2) is 0 Å². The van der Waals surface area contributed by atoms with Crippen LogP contribution in [0.2, 0.25) is 0 Å². The Morgan fingerprint density at radius 2 is 0.667 bits per heavy atom. The van der Waals surface area contributed by atoms with Gasteiger partial charge in [-0.05, 0) is 92.1 Å². The van der Waals surface area contributed by atoms with Crippen LogP contribution in [0.4, 0.5) is 0 Å². The van der Waals surface area contributed by atoms with E-state index in [0.29, 0.717) is 0 Å². The van der Waals surface area contributed by atoms with Crippen LogP contribution in [0.3, 0.4) is 0 Å². The smallest absolute Gasteiger partial charge is 0.127 e. The van der Waals surface area contributed by atoms with Gasteiger partial charge in [0.05, 0.1) is 0 Å². The molecule has 0 aliphatic rings. The van der Waals surface area contributed by atoms with Gasteiger partial charge in [-0.2, -0.15) is 0 Å². The van der Waals surface area contributed by atoms with Gasteiger partial charge in [0.25, 0.3) is 0 Å². The van der Waals surface area contributed by atoms with Crippen LogP contribution >= 0.6 is 0 Å². The fraction of sp³-hybridized carbons (Fsp3) is 0. The number of hydrogen-bond donors (Lipinski definition) is 0. The van der Waals surface area contributed by atoms with E-state index in [0.717, 1.165) is 67.2 Å². The second-order valence-electron chi connectivity index (χ2n) is 10.8. The normalized spacial score (nSPS) is 11.6. The van der Waals surface area contributed by atoms with Gasteiger partial charge in [-0.3, -0.25) is 0 Å². The summed E-state index contributed by atoms with van der Waals surface area (Å²) >= 11 is 0. The van der Waals surface area contributed by atoms with Crippen LogP contribution in [-0.4, -0.2) is 0 Å². The largest absolute Gasteiger partial charge is 0.457 e. The molecule has 1 heteroatoms. The average Bonchev–Trinajstić information content (AvgIpc) is 3.11. The molecule has 0 aliphatic carbocycles. The van der Waals surface area contributed by atoms with Gasteiger partial charge in [-0.15, -0.1) is 0 Å². The van der Waals surface area contributed by atoms with Gasteiger partial charge < -0.3 is 4.74 Å². The zero-order valence-corrected chi connectivity index (χ0v) is 25.1. The first-order chi connectivity index (χ1) is 22.1. The van der Waals surface area contributed by atoms with E-state index in [1.807, 2.05) is 72.8 Å². The Morgan fingerprint density at radius 3 is 1.00 bits per heavy atom. The second kappa shape index (κ2) is 14.0. The summed E-state index contributed by atoms with van der Waals surface area (Å²) in [4.78, 5) is 0. The minimum Gasteiger partial charge on any atom is -0.457 e. The fourth-order valence-electron chi connectivity index (χ4n) is 5.25. The quantitative estimate of drug-likeness (QED) is 0.116. The molecule has 0 saturated carbocycles. The molecule has 0 amide bonds. The molecule has 0 aromatic heterocycles. The molecule has 0 N–H and O–H groups in total. The lowest BCUT2D eigenvalue weighted by atomic mass is 9.92. The topological polar surface area (TPSA) is 9.23 Å². The molecular weight excluding hydrogens is 544 g/mol. The molecule has 0 fully saturated rings. The van der Waals surface area contributed by atoms with Crippen molar-refractivity contribution in [1.82, 2.24) is 0 Å². The van der Waals surface area contributed by atoms with Crippen molar-refractivity contribution < 1.29 is 4.74 Å². The number of allylic oxidation sites excluding steroid dienone is 4. The maximum Gasteiger partial charge on any atom is 0.127 e. The van der Waals surface area contributed by atoms with E-state index in [4.69, 9.17) is 4.74 Å². The lowest BCUT2D eigenvalue weighted by Gasteiger charge is -2.15. The van der Waals surface area contributed by atoms with E-state index in [2.05, 4.69) is 122 Å². The van der Waals surface area contributed by atoms with Gasteiger partial charge in [0.1, 0.15) is 11.5 Å². The molecule has 0 saturated heterocycles. The summed E-state index contributed by atoms with van der Waals surface area (Å²) in [7, 11) is 0. The highest BCUT2D eigenvalue weighted by Crippen LogP contribution is 2.35. The number of hydrogen-bond acceptors (Lipinski definition) is 1. The summed E-state index contributed by atoms with van der Waals surface area (Å²) in [5.41, 5.74) is 10.7. The van der Waals surface area contributed by atoms with Gasteiger partial charge in [-0.1, -0.05) is 159 Å². The molecule has 0 bridgehead atoms. The second-order valence-corrected chi connectivity index (χ2v) is 10.8. The average molecular weight is 579 g/mol. The summed E-state index contributed by atoms with van der Waals surface area (Å²) in [5, 5.41) is 0. The Bertz CT molecular complexity index is 1780. The molecule has 0 unspecified atom stereocenters. The lowest BCUT2D eigenvalue weighted by Crippen LogP contribution is -1.92. The summed E-state index contributed by atoms with van der Waals surface area (Å²) in [6.45, 7) is 8.92. The number of ether oxygens (including phenoxy) is 1. The SMILES string of the molecule is C=C(C(=Cc1ccccc1)c1ccc(Oc2ccc(C(=Cc3ccccc3)C(=C)c3ccccc3)cc2)cc1)c1ccccc1. The Balaban J connectivity index is 1.25. The Morgan fingerprint density at radius 1 is 0.356 bits per heavy atom. The van der Waals surface area contributed by atoms with Crippen LogP contribution < -0.4 is 4.74 Å². The third kappa shape index (κ3) is 7.36. The molecule has 0 spiro atoms. The molecule has 216 valence electrons. The Hall–Kier alpha value is -5.92. The first-order valence-electron chi connectivity index (χ1n) is 15.1. The van der Waals surface area contributed by atoms with Crippen molar-refractivity contribution in [3.8, 4) is 11.5 Å². The standard InChI is InChI=1S/C44H34O/c1-33(37-19-11-5-12-20-37)43(31-35-15-7-3-8-16-35)39-23-27-41(28-24-39)45-42-29-25-40(26-30-42)44(32-36-17-9-4-10-18-36)34(2)38-21-13-6-14-22-38/h3-32H,1-2H2. The zero-order valence-electron chi connectivity index (χ0n) is 25.1. The highest BCUT2D eigenvalue weighted by molar-refractivity contribution is 6.11. The van der Waals surface area contributed by atoms with Crippen LogP contribution in [0.25, 0.3) is 34.4 Å². The maximum atomic E-state index is 6.29. The summed E-state index contributed by atoms with van der Waals surface area (Å²) in [6.07, 6.45) is 4.38. The predicted octanol–water partition coefficient (Wildman–Crippen LogP) is 12.0. The first-order valence-corrected chi connectivity index (χ1v) is 15.1. The summed E-state index contributed by atoms with van der Waals surface area (Å²) in [6, 6.07) is 57.7. The van der Waals surface area contributed by atoms with E-state index in [-0.39, 0.29) is 0 Å². The molecule has 6 aromatic carbocycles. The third-order valence-corrected chi connectivity index (χ3v) is 7.68. The summed E-state index contributed by atoms with van der Waals surface area (Å²) < 4.78 is 6.29. The van der Waals surface area contributed by atoms with Crippen LogP contribution in [0.5, 0.6) is 11.5 Å². The van der Waals surface area contributed by atoms with Crippen molar-refractivity contribution in [2.45, 2.75) is 0 Å². The van der Waals surface area contributed by atoms with E-state index in [1.54, 1.807) is 0 Å². The van der Waals surface area contributed by atoms with Crippen LogP contribution in [0, 0.1) is 0 Å². The third-order valence-electron chi connectivity index (χ3n) is 7.68. The fourth-order valence-corrected chi connectivity index (χ4v) is 5.25. The maximum absolute atomic E-state index is 6.29. The minimum atomic E-state index is 0.768. The molecule has 0 radical (unpaired) electrons. The van der Waals surface area contributed by atoms with Crippen molar-refractivity contribution in [2.24, 2.45) is 0 Å². The zero-order chi connectivity index (χ0) is 30.8. The molecule has 0 aliphatic heterocycles. The first kappa shape index (κ1) is 29.2. The molecule has 0 heterocycles. The monoisotopic (exact) mass is 578 g/mol. The van der Waals surface area contributed by atoms with E-state index < -0.39 is 0 Å². The van der Waals surface area contributed by atoms with Crippen LogP contribution in [0.15, 0.2) is 183 Å². The van der Waals surface area contributed by atoms with E-state index in [1.165, 1.54) is 0 Å². The van der Waals surface area contributed by atoms with Gasteiger partial charge in [0.15, 0.2) is 0 Å². The Labute approximate surface area is 266 Å². The highest BCUT2D eigenvalue weighted by atomic mass is 16.5. The van der Waals surface area contributed by atoms with Gasteiger partial charge in [0.2, 0.25) is 0 Å². The molecule has 45 heavy (non-hydrogen) atoms. The molecular formula is C44H34O. The summed E-state index contributed by atoms with van der Waals surface area (Å²) in [5.74, 6) is 1.54. The minimum absolute atomic E-state index is 0.768. The van der Waals surface area contributed by atoms with Gasteiger partial charge in [0, 0.05) is 0 Å². The molecule has 0 atom stereocenters. The predicted molar refractivity (Wildman–Crippen MR) is 193 cm³/mol. The van der Waals surface area contributed by atoms with E-state index >= 15 is 0 Å². The van der Waals surface area contributed by atoms with E-state index in [9.17, 15) is 0 Å². The van der Waals surface area contributed by atoms with Crippen molar-refractivity contribution in [3.63, 3.8) is 0 Å². The van der Waals surface area contributed by atoms with Crippen molar-refractivity contribution >= 4 is 34.4 Å². The lowest BCUT2D eigenvalue weighted by molar-refractivity contribution is 0.482. The van der Waals surface area contributed by atoms with Crippen molar-refractivity contribution in [2.75, 3.05) is 0 Å². The van der Waals surface area contributed by atoms with Crippen molar-refractivity contribution in [1.29, 1.82) is 0 Å². The van der Waals surface area contributed by atoms with Crippen molar-refractivity contribution in [3.05, 3.63) is 216 Å².